The first-order chi connectivity index (χ1) is 17.3. The molecule has 0 amide bonds. The van der Waals surface area contributed by atoms with Gasteiger partial charge in [-0.1, -0.05) is 68.4 Å². The highest BCUT2D eigenvalue weighted by Gasteiger charge is 2.61. The lowest BCUT2D eigenvalue weighted by Gasteiger charge is -2.31. The number of carboxylic acid groups (broad SMARTS) is 1. The Morgan fingerprint density at radius 1 is 0.946 bits per heavy atom. The molecule has 3 rings (SSSR count). The normalized spacial score (nSPS) is 13.5. The lowest BCUT2D eigenvalue weighted by molar-refractivity contribution is -0.360. The van der Waals surface area contributed by atoms with E-state index in [2.05, 4.69) is 4.74 Å². The minimum Gasteiger partial charge on any atom is -0.480 e. The maximum absolute atomic E-state index is 14.0. The van der Waals surface area contributed by atoms with Crippen LogP contribution in [0.5, 0.6) is 17.2 Å². The van der Waals surface area contributed by atoms with E-state index in [1.54, 1.807) is 48.5 Å². The molecular weight excluding hydrogens is 497 g/mol. The van der Waals surface area contributed by atoms with Crippen molar-refractivity contribution in [1.29, 1.82) is 5.26 Å². The highest BCUT2D eigenvalue weighted by molar-refractivity contribution is 5.87. The molecular formula is C27H22F5NO4. The van der Waals surface area contributed by atoms with Crippen LogP contribution in [0.1, 0.15) is 30.5 Å². The predicted octanol–water partition coefficient (Wildman–Crippen LogP) is 7.11. The van der Waals surface area contributed by atoms with Gasteiger partial charge in [-0.2, -0.15) is 27.2 Å². The molecule has 0 aromatic heterocycles. The molecule has 0 bridgehead atoms. The minimum absolute atomic E-state index is 0.0663. The number of para-hydroxylation sites is 1. The van der Waals surface area contributed by atoms with Gasteiger partial charge in [-0.25, -0.2) is 0 Å². The van der Waals surface area contributed by atoms with Gasteiger partial charge in [0.1, 0.15) is 5.75 Å². The van der Waals surface area contributed by atoms with Crippen molar-refractivity contribution < 1.29 is 41.3 Å². The average Bonchev–Trinajstić information content (AvgIpc) is 2.83. The summed E-state index contributed by atoms with van der Waals surface area (Å²) in [4.78, 5) is 12.5. The van der Waals surface area contributed by atoms with Crippen LogP contribution in [0.3, 0.4) is 0 Å². The van der Waals surface area contributed by atoms with E-state index in [-0.39, 0.29) is 23.3 Å². The van der Waals surface area contributed by atoms with Gasteiger partial charge in [0.2, 0.25) is 0 Å². The largest absolute Gasteiger partial charge is 0.499 e. The molecule has 1 atom stereocenters. The molecule has 10 heteroatoms. The molecule has 0 aliphatic heterocycles. The van der Waals surface area contributed by atoms with Crippen molar-refractivity contribution in [3.8, 4) is 23.3 Å². The van der Waals surface area contributed by atoms with Crippen molar-refractivity contribution >= 4 is 5.97 Å². The molecule has 0 radical (unpaired) electrons. The quantitative estimate of drug-likeness (QED) is 0.305. The number of rotatable bonds is 9. The predicted molar refractivity (Wildman–Crippen MR) is 124 cm³/mol. The molecule has 0 saturated heterocycles. The van der Waals surface area contributed by atoms with Crippen molar-refractivity contribution in [2.45, 2.75) is 38.0 Å². The first-order valence-corrected chi connectivity index (χ1v) is 11.0. The molecule has 0 fully saturated rings. The van der Waals surface area contributed by atoms with Crippen molar-refractivity contribution in [2.24, 2.45) is 5.92 Å². The summed E-state index contributed by atoms with van der Waals surface area (Å²) in [7, 11) is 0. The standard InChI is InChI=1S/C27H22F5NO4/c1-17(2)25(16-33,24(34)35)21-13-14-22(37-27(31,32)26(28,29)30)23(36-19-11-7-4-8-12-19)20(21)15-18-9-5-3-6-10-18/h3-14,17H,15H2,1-2H3,(H,34,35). The number of hydrogen-bond acceptors (Lipinski definition) is 4. The van der Waals surface area contributed by atoms with Crippen LogP contribution in [-0.4, -0.2) is 23.4 Å². The average molecular weight is 519 g/mol. The third kappa shape index (κ3) is 5.50. The van der Waals surface area contributed by atoms with E-state index in [1.807, 2.05) is 6.07 Å². The molecule has 1 N–H and O–H groups in total. The Bertz CT molecular complexity index is 1290. The summed E-state index contributed by atoms with van der Waals surface area (Å²) in [5.41, 5.74) is -1.82. The summed E-state index contributed by atoms with van der Waals surface area (Å²) < 4.78 is 77.0. The summed E-state index contributed by atoms with van der Waals surface area (Å²) in [5, 5.41) is 20.2. The number of aliphatic carboxylic acids is 1. The van der Waals surface area contributed by atoms with Crippen LogP contribution in [0.2, 0.25) is 0 Å². The van der Waals surface area contributed by atoms with Gasteiger partial charge in [-0.3, -0.25) is 4.79 Å². The van der Waals surface area contributed by atoms with Crippen LogP contribution in [0.15, 0.2) is 72.8 Å². The molecule has 3 aromatic rings. The Hall–Kier alpha value is -4.13. The fraction of sp³-hybridized carbons (Fsp3) is 0.259. The maximum Gasteiger partial charge on any atom is 0.499 e. The number of alkyl halides is 5. The minimum atomic E-state index is -6.04. The Morgan fingerprint density at radius 3 is 2.00 bits per heavy atom. The Labute approximate surface area is 209 Å². The first kappa shape index (κ1) is 27.5. The molecule has 5 nitrogen and oxygen atoms in total. The van der Waals surface area contributed by atoms with E-state index in [1.165, 1.54) is 26.0 Å². The zero-order valence-electron chi connectivity index (χ0n) is 19.7. The van der Waals surface area contributed by atoms with Gasteiger partial charge in [0.25, 0.3) is 0 Å². The molecule has 3 aromatic carbocycles. The fourth-order valence-corrected chi connectivity index (χ4v) is 3.86. The highest BCUT2D eigenvalue weighted by Crippen LogP contribution is 2.47. The second-order valence-corrected chi connectivity index (χ2v) is 8.49. The third-order valence-electron chi connectivity index (χ3n) is 5.78. The lowest BCUT2D eigenvalue weighted by atomic mass is 9.70. The van der Waals surface area contributed by atoms with Gasteiger partial charge in [0.15, 0.2) is 16.9 Å². The van der Waals surface area contributed by atoms with Gasteiger partial charge in [-0.15, -0.1) is 0 Å². The number of carboxylic acids is 1. The van der Waals surface area contributed by atoms with Gasteiger partial charge >= 0.3 is 18.3 Å². The number of halogens is 5. The van der Waals surface area contributed by atoms with E-state index in [0.717, 1.165) is 12.1 Å². The second-order valence-electron chi connectivity index (χ2n) is 8.49. The molecule has 0 saturated carbocycles. The van der Waals surface area contributed by atoms with Crippen LogP contribution in [-0.2, 0) is 16.6 Å². The number of hydrogen-bond donors (Lipinski definition) is 1. The summed E-state index contributed by atoms with van der Waals surface area (Å²) in [5.74, 6) is -3.80. The Kier molecular flexibility index (Phi) is 7.77. The molecule has 0 aliphatic rings. The van der Waals surface area contributed by atoms with Crippen molar-refractivity contribution in [2.75, 3.05) is 0 Å². The number of nitrogens with zero attached hydrogens (tertiary/aromatic N) is 1. The zero-order chi connectivity index (χ0) is 27.4. The number of ether oxygens (including phenoxy) is 2. The first-order valence-electron chi connectivity index (χ1n) is 11.0. The maximum atomic E-state index is 14.0. The van der Waals surface area contributed by atoms with Crippen LogP contribution >= 0.6 is 0 Å². The Morgan fingerprint density at radius 2 is 1.51 bits per heavy atom. The van der Waals surface area contributed by atoms with Gasteiger partial charge in [0.05, 0.1) is 6.07 Å². The van der Waals surface area contributed by atoms with Crippen LogP contribution in [0.4, 0.5) is 22.0 Å². The van der Waals surface area contributed by atoms with E-state index < -0.39 is 41.1 Å². The lowest BCUT2D eigenvalue weighted by Crippen LogP contribution is -2.42. The zero-order valence-corrected chi connectivity index (χ0v) is 19.7. The van der Waals surface area contributed by atoms with Crippen LogP contribution in [0, 0.1) is 17.2 Å². The molecule has 1 unspecified atom stereocenters. The third-order valence-corrected chi connectivity index (χ3v) is 5.78. The topological polar surface area (TPSA) is 79.6 Å². The van der Waals surface area contributed by atoms with Crippen molar-refractivity contribution in [3.05, 3.63) is 89.5 Å². The van der Waals surface area contributed by atoms with Gasteiger partial charge in [0, 0.05) is 12.0 Å². The molecule has 0 heterocycles. The number of benzene rings is 3. The summed E-state index contributed by atoms with van der Waals surface area (Å²) >= 11 is 0. The van der Waals surface area contributed by atoms with Crippen molar-refractivity contribution in [3.63, 3.8) is 0 Å². The van der Waals surface area contributed by atoms with E-state index >= 15 is 0 Å². The summed E-state index contributed by atoms with van der Waals surface area (Å²) in [6, 6.07) is 19.5. The number of carbonyl (C=O) groups is 1. The van der Waals surface area contributed by atoms with Gasteiger partial charge in [-0.05, 0) is 35.2 Å². The molecule has 194 valence electrons. The molecule has 0 spiro atoms. The summed E-state index contributed by atoms with van der Waals surface area (Å²) in [6.07, 6.45) is -11.8. The number of nitriles is 1. The van der Waals surface area contributed by atoms with Crippen molar-refractivity contribution in [1.82, 2.24) is 0 Å². The molecule has 37 heavy (non-hydrogen) atoms. The molecule has 0 aliphatic carbocycles. The van der Waals surface area contributed by atoms with Gasteiger partial charge < -0.3 is 14.6 Å². The van der Waals surface area contributed by atoms with Crippen LogP contribution in [0.25, 0.3) is 0 Å². The van der Waals surface area contributed by atoms with Crippen LogP contribution < -0.4 is 9.47 Å². The monoisotopic (exact) mass is 519 g/mol. The second kappa shape index (κ2) is 10.5. The SMILES string of the molecule is CC(C)C(C#N)(C(=O)O)c1ccc(OC(F)(F)C(F)(F)F)c(Oc2ccccc2)c1Cc1ccccc1. The van der Waals surface area contributed by atoms with E-state index in [9.17, 15) is 37.1 Å². The Balaban J connectivity index is 2.38. The summed E-state index contributed by atoms with van der Waals surface area (Å²) in [6.45, 7) is 2.98. The smallest absolute Gasteiger partial charge is 0.480 e. The highest BCUT2D eigenvalue weighted by atomic mass is 19.4. The van der Waals surface area contributed by atoms with E-state index in [4.69, 9.17) is 4.74 Å². The fourth-order valence-electron chi connectivity index (χ4n) is 3.86. The van der Waals surface area contributed by atoms with E-state index in [0.29, 0.717) is 5.56 Å².